The minimum Gasteiger partial charge on any atom is -0.496 e. The van der Waals surface area contributed by atoms with Crippen molar-refractivity contribution in [1.29, 1.82) is 0 Å². The molecule has 1 heterocycles. The fraction of sp³-hybridized carbons (Fsp3) is 0.286. The SMILES string of the molecule is COc1ccccc1CNC(=O)[C@@H](CCSC)N1C(=O)c2ccccc2C1=O. The van der Waals surface area contributed by atoms with Gasteiger partial charge in [-0.2, -0.15) is 11.8 Å². The molecule has 1 aliphatic rings. The van der Waals surface area contributed by atoms with Gasteiger partial charge in [0.25, 0.3) is 11.8 Å². The summed E-state index contributed by atoms with van der Waals surface area (Å²) in [4.78, 5) is 39.6. The van der Waals surface area contributed by atoms with Crippen molar-refractivity contribution in [3.63, 3.8) is 0 Å². The van der Waals surface area contributed by atoms with Gasteiger partial charge in [-0.25, -0.2) is 0 Å². The maximum Gasteiger partial charge on any atom is 0.262 e. The number of imide groups is 1. The highest BCUT2D eigenvalue weighted by atomic mass is 32.2. The van der Waals surface area contributed by atoms with Gasteiger partial charge in [-0.3, -0.25) is 19.3 Å². The third-order valence-electron chi connectivity index (χ3n) is 4.68. The Morgan fingerprint density at radius 3 is 2.29 bits per heavy atom. The molecule has 1 atom stereocenters. The van der Waals surface area contributed by atoms with E-state index >= 15 is 0 Å². The van der Waals surface area contributed by atoms with Crippen LogP contribution in [0.4, 0.5) is 0 Å². The third kappa shape index (κ3) is 3.89. The molecule has 3 rings (SSSR count). The van der Waals surface area contributed by atoms with Crippen LogP contribution in [-0.2, 0) is 11.3 Å². The van der Waals surface area contributed by atoms with Gasteiger partial charge < -0.3 is 10.1 Å². The van der Waals surface area contributed by atoms with Crippen molar-refractivity contribution in [1.82, 2.24) is 10.2 Å². The number of ether oxygens (including phenoxy) is 1. The maximum absolute atomic E-state index is 12.9. The summed E-state index contributed by atoms with van der Waals surface area (Å²) in [5, 5.41) is 2.85. The van der Waals surface area contributed by atoms with E-state index in [1.165, 1.54) is 0 Å². The van der Waals surface area contributed by atoms with Crippen LogP contribution in [0.3, 0.4) is 0 Å². The highest BCUT2D eigenvalue weighted by Crippen LogP contribution is 2.26. The molecule has 0 aromatic heterocycles. The number of methoxy groups -OCH3 is 1. The standard InChI is InChI=1S/C21H22N2O4S/c1-27-18-10-6-3-7-14(18)13-22-19(24)17(11-12-28-2)23-20(25)15-8-4-5-9-16(15)21(23)26/h3-10,17H,11-13H2,1-2H3,(H,22,24)/t17-/m1/s1. The second-order valence-electron chi connectivity index (χ2n) is 6.35. The van der Waals surface area contributed by atoms with Crippen molar-refractivity contribution < 1.29 is 19.1 Å². The summed E-state index contributed by atoms with van der Waals surface area (Å²) in [6, 6.07) is 13.2. The van der Waals surface area contributed by atoms with E-state index in [1.54, 1.807) is 43.1 Å². The first-order chi connectivity index (χ1) is 13.6. The normalized spacial score (nSPS) is 14.0. The van der Waals surface area contributed by atoms with Gasteiger partial charge >= 0.3 is 0 Å². The van der Waals surface area contributed by atoms with Crippen molar-refractivity contribution in [3.05, 3.63) is 65.2 Å². The number of rotatable bonds is 8. The Morgan fingerprint density at radius 2 is 1.68 bits per heavy atom. The van der Waals surface area contributed by atoms with Gasteiger partial charge in [-0.05, 0) is 36.6 Å². The molecule has 0 spiro atoms. The van der Waals surface area contributed by atoms with Gasteiger partial charge in [0.05, 0.1) is 18.2 Å². The van der Waals surface area contributed by atoms with Crippen LogP contribution in [0.25, 0.3) is 0 Å². The molecule has 0 unspecified atom stereocenters. The Bertz CT molecular complexity index is 864. The molecule has 2 aromatic carbocycles. The van der Waals surface area contributed by atoms with Crippen molar-refractivity contribution >= 4 is 29.5 Å². The Labute approximate surface area is 168 Å². The van der Waals surface area contributed by atoms with Crippen LogP contribution in [0.2, 0.25) is 0 Å². The van der Waals surface area contributed by atoms with E-state index in [1.807, 2.05) is 30.5 Å². The molecular formula is C21H22N2O4S. The van der Waals surface area contributed by atoms with Crippen LogP contribution >= 0.6 is 11.8 Å². The first kappa shape index (κ1) is 19.9. The Kier molecular flexibility index (Phi) is 6.36. The van der Waals surface area contributed by atoms with E-state index in [0.717, 1.165) is 10.5 Å². The lowest BCUT2D eigenvalue weighted by atomic mass is 10.1. The van der Waals surface area contributed by atoms with Gasteiger partial charge in [0, 0.05) is 12.1 Å². The second kappa shape index (κ2) is 8.93. The minimum atomic E-state index is -0.852. The molecule has 28 heavy (non-hydrogen) atoms. The smallest absolute Gasteiger partial charge is 0.262 e. The van der Waals surface area contributed by atoms with E-state index in [4.69, 9.17) is 4.74 Å². The second-order valence-corrected chi connectivity index (χ2v) is 7.34. The molecule has 0 bridgehead atoms. The zero-order valence-electron chi connectivity index (χ0n) is 15.8. The van der Waals surface area contributed by atoms with E-state index in [9.17, 15) is 14.4 Å². The van der Waals surface area contributed by atoms with Crippen molar-refractivity contribution in [2.45, 2.75) is 19.0 Å². The zero-order chi connectivity index (χ0) is 20.1. The highest BCUT2D eigenvalue weighted by Gasteiger charge is 2.42. The van der Waals surface area contributed by atoms with Gasteiger partial charge in [0.2, 0.25) is 5.91 Å². The molecule has 0 fully saturated rings. The molecule has 146 valence electrons. The lowest BCUT2D eigenvalue weighted by Gasteiger charge is -2.25. The minimum absolute atomic E-state index is 0.252. The first-order valence-corrected chi connectivity index (χ1v) is 10.3. The van der Waals surface area contributed by atoms with Crippen LogP contribution in [-0.4, -0.2) is 47.8 Å². The molecule has 1 N–H and O–H groups in total. The van der Waals surface area contributed by atoms with Gasteiger partial charge in [0.1, 0.15) is 11.8 Å². The van der Waals surface area contributed by atoms with E-state index in [0.29, 0.717) is 29.1 Å². The average Bonchev–Trinajstić information content (AvgIpc) is 2.98. The Hall–Kier alpha value is -2.80. The largest absolute Gasteiger partial charge is 0.496 e. The summed E-state index contributed by atoms with van der Waals surface area (Å²) >= 11 is 1.56. The average molecular weight is 398 g/mol. The molecule has 0 saturated heterocycles. The fourth-order valence-corrected chi connectivity index (χ4v) is 3.71. The van der Waals surface area contributed by atoms with E-state index in [-0.39, 0.29) is 12.5 Å². The van der Waals surface area contributed by atoms with Crippen molar-refractivity contribution in [2.75, 3.05) is 19.1 Å². The molecular weight excluding hydrogens is 376 g/mol. The zero-order valence-corrected chi connectivity index (χ0v) is 16.6. The summed E-state index contributed by atoms with van der Waals surface area (Å²) in [5.74, 6) is 0.136. The number of amides is 3. The number of fused-ring (bicyclic) bond motifs is 1. The molecule has 7 heteroatoms. The Morgan fingerprint density at radius 1 is 1.07 bits per heavy atom. The summed E-state index contributed by atoms with van der Waals surface area (Å²) in [5.41, 5.74) is 1.52. The number of nitrogens with zero attached hydrogens (tertiary/aromatic N) is 1. The monoisotopic (exact) mass is 398 g/mol. The van der Waals surface area contributed by atoms with E-state index in [2.05, 4.69) is 5.32 Å². The van der Waals surface area contributed by atoms with Crippen LogP contribution in [0, 0.1) is 0 Å². The lowest BCUT2D eigenvalue weighted by molar-refractivity contribution is -0.125. The van der Waals surface area contributed by atoms with Crippen LogP contribution in [0.5, 0.6) is 5.75 Å². The predicted molar refractivity (Wildman–Crippen MR) is 109 cm³/mol. The fourth-order valence-electron chi connectivity index (χ4n) is 3.25. The molecule has 0 aliphatic carbocycles. The molecule has 1 aliphatic heterocycles. The Balaban J connectivity index is 1.79. The molecule has 0 saturated carbocycles. The van der Waals surface area contributed by atoms with Crippen molar-refractivity contribution in [2.24, 2.45) is 0 Å². The van der Waals surface area contributed by atoms with Crippen molar-refractivity contribution in [3.8, 4) is 5.75 Å². The molecule has 0 radical (unpaired) electrons. The maximum atomic E-state index is 12.9. The van der Waals surface area contributed by atoms with Crippen LogP contribution in [0.1, 0.15) is 32.7 Å². The van der Waals surface area contributed by atoms with Gasteiger partial charge in [0.15, 0.2) is 0 Å². The summed E-state index contributed by atoms with van der Waals surface area (Å²) in [6.45, 7) is 0.252. The predicted octanol–water partition coefficient (Wildman–Crippen LogP) is 2.73. The molecule has 2 aromatic rings. The number of para-hydroxylation sites is 1. The number of carbonyl (C=O) groups is 3. The first-order valence-electron chi connectivity index (χ1n) is 8.94. The summed E-state index contributed by atoms with van der Waals surface area (Å²) < 4.78 is 5.31. The highest BCUT2D eigenvalue weighted by molar-refractivity contribution is 7.98. The molecule has 3 amide bonds. The van der Waals surface area contributed by atoms with Gasteiger partial charge in [-0.1, -0.05) is 30.3 Å². The third-order valence-corrected chi connectivity index (χ3v) is 5.32. The number of thioether (sulfide) groups is 1. The lowest BCUT2D eigenvalue weighted by Crippen LogP contribution is -2.49. The topological polar surface area (TPSA) is 75.7 Å². The summed E-state index contributed by atoms with van der Waals surface area (Å²) in [6.07, 6.45) is 2.32. The quantitative estimate of drug-likeness (QED) is 0.692. The van der Waals surface area contributed by atoms with E-state index < -0.39 is 17.9 Å². The number of nitrogens with one attached hydrogen (secondary N) is 1. The summed E-state index contributed by atoms with van der Waals surface area (Å²) in [7, 11) is 1.57. The van der Waals surface area contributed by atoms with Crippen LogP contribution in [0.15, 0.2) is 48.5 Å². The van der Waals surface area contributed by atoms with Gasteiger partial charge in [-0.15, -0.1) is 0 Å². The van der Waals surface area contributed by atoms with Crippen LogP contribution < -0.4 is 10.1 Å². The number of carbonyl (C=O) groups excluding carboxylic acids is 3. The molecule has 6 nitrogen and oxygen atoms in total. The number of hydrogen-bond donors (Lipinski definition) is 1. The number of benzene rings is 2. The number of hydrogen-bond acceptors (Lipinski definition) is 5.